The molecule has 0 aliphatic rings. The van der Waals surface area contributed by atoms with Crippen LogP contribution in [0.3, 0.4) is 0 Å². The van der Waals surface area contributed by atoms with E-state index in [0.717, 1.165) is 11.3 Å². The predicted octanol–water partition coefficient (Wildman–Crippen LogP) is 3.06. The van der Waals surface area contributed by atoms with Crippen molar-refractivity contribution in [3.05, 3.63) is 65.5 Å². The van der Waals surface area contributed by atoms with E-state index in [9.17, 15) is 9.59 Å². The maximum absolute atomic E-state index is 11.8. The summed E-state index contributed by atoms with van der Waals surface area (Å²) < 4.78 is 15.5. The van der Waals surface area contributed by atoms with E-state index < -0.39 is 11.9 Å². The van der Waals surface area contributed by atoms with Gasteiger partial charge in [-0.15, -0.1) is 0 Å². The van der Waals surface area contributed by atoms with Gasteiger partial charge in [-0.3, -0.25) is 9.59 Å². The van der Waals surface area contributed by atoms with Gasteiger partial charge in [-0.2, -0.15) is 4.98 Å². The maximum atomic E-state index is 11.8. The van der Waals surface area contributed by atoms with E-state index in [0.29, 0.717) is 29.9 Å². The molecule has 0 unspecified atom stereocenters. The molecule has 0 saturated carbocycles. The molecule has 0 aliphatic heterocycles. The Balaban J connectivity index is 1.31. The first-order chi connectivity index (χ1) is 14.6. The Morgan fingerprint density at radius 1 is 1.07 bits per heavy atom. The number of halogens is 1. The van der Waals surface area contributed by atoms with Crippen LogP contribution in [0.1, 0.15) is 12.3 Å². The van der Waals surface area contributed by atoms with Gasteiger partial charge in [0.25, 0.3) is 5.91 Å². The first kappa shape index (κ1) is 21.3. The van der Waals surface area contributed by atoms with Gasteiger partial charge in [-0.25, -0.2) is 0 Å². The highest BCUT2D eigenvalue weighted by atomic mass is 35.5. The van der Waals surface area contributed by atoms with Crippen molar-refractivity contribution >= 4 is 23.5 Å². The highest BCUT2D eigenvalue weighted by Gasteiger charge is 2.12. The molecule has 8 nitrogen and oxygen atoms in total. The van der Waals surface area contributed by atoms with E-state index in [1.165, 1.54) is 0 Å². The van der Waals surface area contributed by atoms with Crippen LogP contribution >= 0.6 is 11.6 Å². The number of ether oxygens (including phenoxy) is 2. The van der Waals surface area contributed by atoms with Crippen molar-refractivity contribution in [3.8, 4) is 17.1 Å². The zero-order chi connectivity index (χ0) is 21.2. The van der Waals surface area contributed by atoms with Crippen LogP contribution in [0.4, 0.5) is 0 Å². The number of nitrogens with one attached hydrogen (secondary N) is 1. The molecule has 9 heteroatoms. The number of aryl methyl sites for hydroxylation is 1. The molecule has 0 atom stereocenters. The summed E-state index contributed by atoms with van der Waals surface area (Å²) in [4.78, 5) is 27.8. The van der Waals surface area contributed by atoms with Crippen LogP contribution in [-0.2, 0) is 20.7 Å². The Bertz CT molecular complexity index is 960. The Kier molecular flexibility index (Phi) is 7.79. The second-order valence-electron chi connectivity index (χ2n) is 6.19. The molecule has 1 heterocycles. The van der Waals surface area contributed by atoms with Gasteiger partial charge in [0.05, 0.1) is 13.0 Å². The third-order valence-corrected chi connectivity index (χ3v) is 4.17. The maximum Gasteiger partial charge on any atom is 0.306 e. The average Bonchev–Trinajstić information content (AvgIpc) is 3.24. The summed E-state index contributed by atoms with van der Waals surface area (Å²) in [7, 11) is 0. The fourth-order valence-corrected chi connectivity index (χ4v) is 2.55. The molecule has 1 amide bonds. The number of para-hydroxylation sites is 1. The van der Waals surface area contributed by atoms with Gasteiger partial charge in [0.2, 0.25) is 11.7 Å². The minimum absolute atomic E-state index is 0.0205. The van der Waals surface area contributed by atoms with Crippen molar-refractivity contribution in [2.75, 3.05) is 19.8 Å². The monoisotopic (exact) mass is 429 g/mol. The van der Waals surface area contributed by atoms with E-state index in [2.05, 4.69) is 15.5 Å². The first-order valence-corrected chi connectivity index (χ1v) is 9.66. The smallest absolute Gasteiger partial charge is 0.306 e. The third-order valence-electron chi connectivity index (χ3n) is 3.91. The second-order valence-corrected chi connectivity index (χ2v) is 6.63. The van der Waals surface area contributed by atoms with Crippen molar-refractivity contribution in [2.45, 2.75) is 12.8 Å². The Morgan fingerprint density at radius 3 is 2.60 bits per heavy atom. The fourth-order valence-electron chi connectivity index (χ4n) is 2.43. The lowest BCUT2D eigenvalue weighted by Gasteiger charge is -2.08. The molecule has 0 aliphatic carbocycles. The SMILES string of the molecule is O=C(COC(=O)CCc1nc(-c2ccc(Cl)cc2)no1)NCCOc1ccccc1. The highest BCUT2D eigenvalue weighted by molar-refractivity contribution is 6.30. The Morgan fingerprint density at radius 2 is 1.83 bits per heavy atom. The summed E-state index contributed by atoms with van der Waals surface area (Å²) in [5, 5.41) is 7.10. The largest absolute Gasteiger partial charge is 0.492 e. The summed E-state index contributed by atoms with van der Waals surface area (Å²) in [6.45, 7) is 0.265. The fraction of sp³-hybridized carbons (Fsp3) is 0.238. The Hall–Kier alpha value is -3.39. The van der Waals surface area contributed by atoms with Crippen LogP contribution in [0, 0.1) is 0 Å². The number of carbonyl (C=O) groups is 2. The van der Waals surface area contributed by atoms with Crippen LogP contribution in [0.15, 0.2) is 59.1 Å². The number of benzene rings is 2. The molecule has 30 heavy (non-hydrogen) atoms. The number of carbonyl (C=O) groups excluding carboxylic acids is 2. The van der Waals surface area contributed by atoms with Crippen LogP contribution < -0.4 is 10.1 Å². The van der Waals surface area contributed by atoms with Gasteiger partial charge in [-0.1, -0.05) is 35.0 Å². The number of aromatic nitrogens is 2. The van der Waals surface area contributed by atoms with Crippen LogP contribution in [0.25, 0.3) is 11.4 Å². The van der Waals surface area contributed by atoms with Gasteiger partial charge in [0.15, 0.2) is 6.61 Å². The van der Waals surface area contributed by atoms with Crippen molar-refractivity contribution < 1.29 is 23.6 Å². The summed E-state index contributed by atoms with van der Waals surface area (Å²) >= 11 is 5.85. The second kappa shape index (κ2) is 11.0. The van der Waals surface area contributed by atoms with Crippen molar-refractivity contribution in [2.24, 2.45) is 0 Å². The molecule has 1 N–H and O–H groups in total. The van der Waals surface area contributed by atoms with Gasteiger partial charge in [-0.05, 0) is 36.4 Å². The van der Waals surface area contributed by atoms with Gasteiger partial charge in [0.1, 0.15) is 12.4 Å². The molecule has 1 aromatic heterocycles. The summed E-state index contributed by atoms with van der Waals surface area (Å²) in [5.41, 5.74) is 0.755. The average molecular weight is 430 g/mol. The molecule has 2 aromatic carbocycles. The number of hydrogen-bond acceptors (Lipinski definition) is 7. The van der Waals surface area contributed by atoms with Crippen LogP contribution in [0.2, 0.25) is 5.02 Å². The molecule has 3 aromatic rings. The topological polar surface area (TPSA) is 104 Å². The molecular formula is C21H20ClN3O5. The van der Waals surface area contributed by atoms with E-state index in [4.69, 9.17) is 25.6 Å². The van der Waals surface area contributed by atoms with Crippen LogP contribution in [-0.4, -0.2) is 41.8 Å². The quantitative estimate of drug-likeness (QED) is 0.390. The van der Waals surface area contributed by atoms with Crippen molar-refractivity contribution in [1.82, 2.24) is 15.5 Å². The van der Waals surface area contributed by atoms with Crippen molar-refractivity contribution in [1.29, 1.82) is 0 Å². The lowest BCUT2D eigenvalue weighted by Crippen LogP contribution is -2.32. The molecule has 156 valence electrons. The van der Waals surface area contributed by atoms with Gasteiger partial charge in [0, 0.05) is 17.0 Å². The first-order valence-electron chi connectivity index (χ1n) is 9.29. The molecule has 0 saturated heterocycles. The summed E-state index contributed by atoms with van der Waals surface area (Å²) in [6, 6.07) is 16.3. The van der Waals surface area contributed by atoms with E-state index in [-0.39, 0.29) is 19.4 Å². The number of nitrogens with zero attached hydrogens (tertiary/aromatic N) is 2. The van der Waals surface area contributed by atoms with E-state index in [1.807, 2.05) is 30.3 Å². The van der Waals surface area contributed by atoms with E-state index in [1.54, 1.807) is 24.3 Å². The van der Waals surface area contributed by atoms with Crippen LogP contribution in [0.5, 0.6) is 5.75 Å². The molecular weight excluding hydrogens is 410 g/mol. The lowest BCUT2D eigenvalue weighted by atomic mass is 10.2. The van der Waals surface area contributed by atoms with E-state index >= 15 is 0 Å². The number of amides is 1. The van der Waals surface area contributed by atoms with Gasteiger partial charge >= 0.3 is 5.97 Å². The minimum Gasteiger partial charge on any atom is -0.492 e. The highest BCUT2D eigenvalue weighted by Crippen LogP contribution is 2.19. The molecule has 0 spiro atoms. The zero-order valence-corrected chi connectivity index (χ0v) is 16.8. The zero-order valence-electron chi connectivity index (χ0n) is 16.0. The van der Waals surface area contributed by atoms with Gasteiger partial charge < -0.3 is 19.3 Å². The lowest BCUT2D eigenvalue weighted by molar-refractivity contribution is -0.148. The third kappa shape index (κ3) is 6.89. The van der Waals surface area contributed by atoms with Crippen molar-refractivity contribution in [3.63, 3.8) is 0 Å². The predicted molar refractivity (Wildman–Crippen MR) is 109 cm³/mol. The minimum atomic E-state index is -0.531. The number of rotatable bonds is 10. The Labute approximate surface area is 178 Å². The summed E-state index contributed by atoms with van der Waals surface area (Å²) in [5.74, 6) is 0.504. The molecule has 0 radical (unpaired) electrons. The normalized spacial score (nSPS) is 10.4. The molecule has 0 fully saturated rings. The number of esters is 1. The molecule has 3 rings (SSSR count). The summed E-state index contributed by atoms with van der Waals surface area (Å²) in [6.07, 6.45) is 0.235. The standard InChI is InChI=1S/C21H20ClN3O5/c22-16-8-6-15(7-9-16)21-24-19(30-25-21)10-11-20(27)29-14-18(26)23-12-13-28-17-4-2-1-3-5-17/h1-9H,10-14H2,(H,23,26). The molecule has 0 bridgehead atoms. The number of hydrogen-bond donors (Lipinski definition) is 1.